The molecule has 1 aliphatic rings. The number of nitrogens with one attached hydrogen (secondary N) is 1. The van der Waals surface area contributed by atoms with Crippen molar-refractivity contribution in [3.05, 3.63) is 88.1 Å². The maximum Gasteiger partial charge on any atom is 0.417 e. The predicted molar refractivity (Wildman–Crippen MR) is 129 cm³/mol. The summed E-state index contributed by atoms with van der Waals surface area (Å²) in [5.74, 6) is -0.893. The van der Waals surface area contributed by atoms with Gasteiger partial charge in [0, 0.05) is 17.6 Å². The summed E-state index contributed by atoms with van der Waals surface area (Å²) in [6.45, 7) is 1.73. The number of aliphatic imine (C=N–C) groups is 1. The van der Waals surface area contributed by atoms with Gasteiger partial charge in [0.25, 0.3) is 5.56 Å². The van der Waals surface area contributed by atoms with E-state index < -0.39 is 40.6 Å². The maximum atomic E-state index is 13.8. The third kappa shape index (κ3) is 3.88. The topological polar surface area (TPSA) is 115 Å². The number of alkyl halides is 3. The number of primary amides is 1. The van der Waals surface area contributed by atoms with E-state index in [0.717, 1.165) is 6.07 Å². The van der Waals surface area contributed by atoms with E-state index in [1.54, 1.807) is 43.3 Å². The smallest absolute Gasteiger partial charge is 0.369 e. The van der Waals surface area contributed by atoms with Gasteiger partial charge in [-0.05, 0) is 36.6 Å². The van der Waals surface area contributed by atoms with Crippen molar-refractivity contribution in [3.63, 3.8) is 0 Å². The first-order valence-corrected chi connectivity index (χ1v) is 10.9. The van der Waals surface area contributed by atoms with E-state index in [2.05, 4.69) is 20.3 Å². The van der Waals surface area contributed by atoms with E-state index in [9.17, 15) is 22.8 Å². The van der Waals surface area contributed by atoms with Crippen molar-refractivity contribution >= 4 is 34.5 Å². The molecule has 0 fully saturated rings. The third-order valence-corrected chi connectivity index (χ3v) is 6.02. The zero-order valence-electron chi connectivity index (χ0n) is 18.8. The molecule has 0 radical (unpaired) electrons. The van der Waals surface area contributed by atoms with Gasteiger partial charge in [-0.3, -0.25) is 14.2 Å². The summed E-state index contributed by atoms with van der Waals surface area (Å²) in [5, 5.41) is 2.90. The van der Waals surface area contributed by atoms with Crippen molar-refractivity contribution in [2.45, 2.75) is 25.1 Å². The van der Waals surface area contributed by atoms with Crippen LogP contribution in [0, 0.1) is 0 Å². The standard InChI is InChI=1S/C25H19F3N6O2/c1-13(33-23-20-16(21(29)35)11-30-22(20)31-12-32-23)18-10-14-6-5-9-17(25(26,27)28)19(14)24(36)34(18)15-7-3-2-4-8-15/h2-13,16H,1H3,(H2,29,35)(H,31,32,33)/t13-,16?/m0/s1. The Morgan fingerprint density at radius 3 is 2.56 bits per heavy atom. The van der Waals surface area contributed by atoms with Crippen LogP contribution in [0.15, 0.2) is 70.7 Å². The Labute approximate surface area is 202 Å². The van der Waals surface area contributed by atoms with Gasteiger partial charge in [0.05, 0.1) is 22.6 Å². The Hall–Kier alpha value is -4.54. The van der Waals surface area contributed by atoms with E-state index in [1.807, 2.05) is 0 Å². The van der Waals surface area contributed by atoms with Crippen LogP contribution in [0.1, 0.15) is 35.7 Å². The van der Waals surface area contributed by atoms with Crippen LogP contribution in [0.3, 0.4) is 0 Å². The lowest BCUT2D eigenvalue weighted by atomic mass is 10.0. The van der Waals surface area contributed by atoms with Crippen molar-refractivity contribution in [1.29, 1.82) is 0 Å². The molecule has 0 saturated carbocycles. The van der Waals surface area contributed by atoms with E-state index in [-0.39, 0.29) is 17.0 Å². The number of hydrogen-bond donors (Lipinski definition) is 2. The van der Waals surface area contributed by atoms with Crippen molar-refractivity contribution < 1.29 is 18.0 Å². The second-order valence-electron chi connectivity index (χ2n) is 8.30. The van der Waals surface area contributed by atoms with E-state index in [4.69, 9.17) is 5.73 Å². The van der Waals surface area contributed by atoms with Crippen LogP contribution in [0.2, 0.25) is 0 Å². The Balaban J connectivity index is 1.70. The minimum Gasteiger partial charge on any atom is -0.369 e. The second kappa shape index (κ2) is 8.59. The molecule has 11 heteroatoms. The molecule has 2 aromatic heterocycles. The van der Waals surface area contributed by atoms with Crippen LogP contribution in [0.5, 0.6) is 0 Å². The number of amides is 1. The van der Waals surface area contributed by atoms with E-state index in [0.29, 0.717) is 16.9 Å². The SMILES string of the molecule is C[C@H](Nc1ncnc2c1C(C(N)=O)C=N2)c1cc2cccc(C(F)(F)F)c2c(=O)n1-c1ccccc1. The molecule has 4 aromatic rings. The minimum atomic E-state index is -4.70. The number of carbonyl (C=O) groups is 1. The Morgan fingerprint density at radius 1 is 1.11 bits per heavy atom. The summed E-state index contributed by atoms with van der Waals surface area (Å²) in [7, 11) is 0. The highest BCUT2D eigenvalue weighted by Gasteiger charge is 2.35. The number of nitrogens with two attached hydrogens (primary N) is 1. The summed E-state index contributed by atoms with van der Waals surface area (Å²) in [5.41, 5.74) is 4.88. The van der Waals surface area contributed by atoms with Crippen LogP contribution in [0.4, 0.5) is 24.8 Å². The first-order chi connectivity index (χ1) is 17.2. The van der Waals surface area contributed by atoms with E-state index >= 15 is 0 Å². The zero-order valence-corrected chi connectivity index (χ0v) is 18.8. The summed E-state index contributed by atoms with van der Waals surface area (Å²) in [6.07, 6.45) is -2.05. The molecule has 8 nitrogen and oxygen atoms in total. The fourth-order valence-electron chi connectivity index (χ4n) is 4.39. The molecule has 36 heavy (non-hydrogen) atoms. The van der Waals surface area contributed by atoms with Crippen LogP contribution in [-0.4, -0.2) is 26.7 Å². The molecular weight excluding hydrogens is 473 g/mol. The summed E-state index contributed by atoms with van der Waals surface area (Å²) in [4.78, 5) is 38.0. The second-order valence-corrected chi connectivity index (χ2v) is 8.30. The van der Waals surface area contributed by atoms with Crippen LogP contribution in [-0.2, 0) is 11.0 Å². The number of nitrogens with zero attached hydrogens (tertiary/aromatic N) is 4. The highest BCUT2D eigenvalue weighted by atomic mass is 19.4. The Kier molecular flexibility index (Phi) is 5.54. The molecular formula is C25H19F3N6O2. The molecule has 1 unspecified atom stereocenters. The molecule has 3 N–H and O–H groups in total. The number of rotatable bonds is 5. The van der Waals surface area contributed by atoms with E-state index in [1.165, 1.54) is 29.2 Å². The predicted octanol–water partition coefficient (Wildman–Crippen LogP) is 4.26. The van der Waals surface area contributed by atoms with Gasteiger partial charge in [-0.1, -0.05) is 30.3 Å². The normalized spacial score (nSPS) is 15.6. The lowest BCUT2D eigenvalue weighted by Crippen LogP contribution is -2.28. The quantitative estimate of drug-likeness (QED) is 0.432. The fourth-order valence-corrected chi connectivity index (χ4v) is 4.39. The number of benzene rings is 2. The lowest BCUT2D eigenvalue weighted by Gasteiger charge is -2.23. The Bertz CT molecular complexity index is 1580. The summed E-state index contributed by atoms with van der Waals surface area (Å²) in [6, 6.07) is 12.9. The molecule has 1 amide bonds. The molecule has 0 bridgehead atoms. The van der Waals surface area contributed by atoms with Gasteiger partial charge in [0.1, 0.15) is 18.1 Å². The number of fused-ring (bicyclic) bond motifs is 2. The highest BCUT2D eigenvalue weighted by molar-refractivity contribution is 6.04. The number of anilines is 1. The number of pyridine rings is 1. The number of para-hydroxylation sites is 1. The van der Waals surface area contributed by atoms with Crippen molar-refractivity contribution in [2.24, 2.45) is 10.7 Å². The van der Waals surface area contributed by atoms with Crippen LogP contribution < -0.4 is 16.6 Å². The number of aromatic nitrogens is 3. The maximum absolute atomic E-state index is 13.8. The third-order valence-electron chi connectivity index (χ3n) is 6.02. The molecule has 3 heterocycles. The van der Waals surface area contributed by atoms with Gasteiger partial charge < -0.3 is 11.1 Å². The zero-order chi connectivity index (χ0) is 25.6. The molecule has 0 saturated heterocycles. The fraction of sp³-hybridized carbons (Fsp3) is 0.160. The molecule has 2 aromatic carbocycles. The molecule has 182 valence electrons. The van der Waals surface area contributed by atoms with Gasteiger partial charge in [-0.25, -0.2) is 15.0 Å². The average Bonchev–Trinajstić information content (AvgIpc) is 3.29. The van der Waals surface area contributed by atoms with Gasteiger partial charge in [-0.2, -0.15) is 13.2 Å². The molecule has 0 aliphatic carbocycles. The monoisotopic (exact) mass is 492 g/mol. The lowest BCUT2D eigenvalue weighted by molar-refractivity contribution is -0.136. The first-order valence-electron chi connectivity index (χ1n) is 10.9. The first kappa shape index (κ1) is 23.2. The summed E-state index contributed by atoms with van der Waals surface area (Å²) >= 11 is 0. The van der Waals surface area contributed by atoms with Crippen molar-refractivity contribution in [3.8, 4) is 5.69 Å². The highest BCUT2D eigenvalue weighted by Crippen LogP contribution is 2.37. The molecule has 0 spiro atoms. The Morgan fingerprint density at radius 2 is 1.86 bits per heavy atom. The van der Waals surface area contributed by atoms with Gasteiger partial charge in [0.15, 0.2) is 5.82 Å². The molecule has 5 rings (SSSR count). The van der Waals surface area contributed by atoms with Crippen molar-refractivity contribution in [1.82, 2.24) is 14.5 Å². The largest absolute Gasteiger partial charge is 0.417 e. The molecule has 1 aliphatic heterocycles. The van der Waals surface area contributed by atoms with Gasteiger partial charge >= 0.3 is 6.18 Å². The van der Waals surface area contributed by atoms with Gasteiger partial charge in [0.2, 0.25) is 5.91 Å². The number of hydrogen-bond acceptors (Lipinski definition) is 6. The number of halogens is 3. The average molecular weight is 492 g/mol. The minimum absolute atomic E-state index is 0.150. The van der Waals surface area contributed by atoms with Crippen molar-refractivity contribution in [2.75, 3.05) is 5.32 Å². The molecule has 2 atom stereocenters. The van der Waals surface area contributed by atoms with Crippen LogP contribution in [0.25, 0.3) is 16.5 Å². The number of carbonyl (C=O) groups excluding carboxylic acids is 1. The van der Waals surface area contributed by atoms with Crippen LogP contribution >= 0.6 is 0 Å². The van der Waals surface area contributed by atoms with Gasteiger partial charge in [-0.15, -0.1) is 0 Å². The summed E-state index contributed by atoms with van der Waals surface area (Å²) < 4.78 is 42.6.